The van der Waals surface area contributed by atoms with E-state index in [1.807, 2.05) is 6.92 Å². The first kappa shape index (κ1) is 15.0. The lowest BCUT2D eigenvalue weighted by Gasteiger charge is -2.33. The molecular weight excluding hydrogens is 255 g/mol. The molecule has 0 aromatic heterocycles. The summed E-state index contributed by atoms with van der Waals surface area (Å²) >= 11 is 0. The molecule has 110 valence electrons. The minimum atomic E-state index is -0.342. The Morgan fingerprint density at radius 3 is 2.50 bits per heavy atom. The molecule has 20 heavy (non-hydrogen) atoms. The molecule has 0 saturated heterocycles. The van der Waals surface area contributed by atoms with Crippen molar-refractivity contribution in [2.75, 3.05) is 0 Å². The maximum atomic E-state index is 12.9. The van der Waals surface area contributed by atoms with Crippen molar-refractivity contribution in [3.8, 4) is 0 Å². The Hall–Kier alpha value is -1.42. The summed E-state index contributed by atoms with van der Waals surface area (Å²) in [5, 5.41) is 2.95. The van der Waals surface area contributed by atoms with Crippen molar-refractivity contribution >= 4 is 5.91 Å². The largest absolute Gasteiger partial charge is 0.350 e. The Bertz CT molecular complexity index is 452. The van der Waals surface area contributed by atoms with Gasteiger partial charge in [-0.05, 0) is 37.5 Å². The van der Waals surface area contributed by atoms with Gasteiger partial charge in [-0.1, -0.05) is 31.4 Å². The van der Waals surface area contributed by atoms with Gasteiger partial charge in [-0.15, -0.1) is 0 Å². The normalized spacial score (nSPS) is 19.4. The molecule has 3 N–H and O–H groups in total. The van der Waals surface area contributed by atoms with Crippen LogP contribution in [0.3, 0.4) is 0 Å². The fourth-order valence-electron chi connectivity index (χ4n) is 2.88. The number of benzene rings is 1. The van der Waals surface area contributed by atoms with Crippen LogP contribution in [0.4, 0.5) is 4.39 Å². The lowest BCUT2D eigenvalue weighted by atomic mass is 9.80. The van der Waals surface area contributed by atoms with Crippen LogP contribution in [-0.2, 0) is 4.79 Å². The molecule has 0 radical (unpaired) electrons. The summed E-state index contributed by atoms with van der Waals surface area (Å²) in [4.78, 5) is 12.1. The number of halogens is 1. The molecule has 1 saturated carbocycles. The topological polar surface area (TPSA) is 55.1 Å². The standard InChI is InChI=1S/C16H23FN2O/c1-12(13-5-7-14(17)8-6-13)19-15(20)11-16(18)9-3-2-4-10-16/h5-8,12H,2-4,9-11,18H2,1H3,(H,19,20)/t12-/m1/s1. The Kier molecular flexibility index (Phi) is 4.76. The Morgan fingerprint density at radius 1 is 1.30 bits per heavy atom. The van der Waals surface area contributed by atoms with Crippen LogP contribution in [0.25, 0.3) is 0 Å². The average molecular weight is 278 g/mol. The first-order chi connectivity index (χ1) is 9.48. The van der Waals surface area contributed by atoms with Gasteiger partial charge in [-0.2, -0.15) is 0 Å². The van der Waals surface area contributed by atoms with Crippen LogP contribution in [0.2, 0.25) is 0 Å². The van der Waals surface area contributed by atoms with Crippen LogP contribution in [0, 0.1) is 5.82 Å². The molecule has 0 spiro atoms. The number of carbonyl (C=O) groups is 1. The summed E-state index contributed by atoms with van der Waals surface area (Å²) in [7, 11) is 0. The van der Waals surface area contributed by atoms with Crippen molar-refractivity contribution in [2.45, 2.75) is 57.0 Å². The molecule has 4 heteroatoms. The van der Waals surface area contributed by atoms with Crippen molar-refractivity contribution in [2.24, 2.45) is 5.73 Å². The first-order valence-electron chi connectivity index (χ1n) is 7.32. The monoisotopic (exact) mass is 278 g/mol. The maximum Gasteiger partial charge on any atom is 0.222 e. The summed E-state index contributed by atoms with van der Waals surface area (Å²) < 4.78 is 12.9. The minimum Gasteiger partial charge on any atom is -0.350 e. The van der Waals surface area contributed by atoms with E-state index in [0.29, 0.717) is 6.42 Å². The molecule has 1 amide bonds. The van der Waals surface area contributed by atoms with Crippen LogP contribution in [0.15, 0.2) is 24.3 Å². The summed E-state index contributed by atoms with van der Waals surface area (Å²) in [5.74, 6) is -0.290. The highest BCUT2D eigenvalue weighted by Crippen LogP contribution is 2.28. The van der Waals surface area contributed by atoms with Gasteiger partial charge in [-0.25, -0.2) is 4.39 Å². The summed E-state index contributed by atoms with van der Waals surface area (Å²) in [6.45, 7) is 1.90. The first-order valence-corrected chi connectivity index (χ1v) is 7.32. The lowest BCUT2D eigenvalue weighted by Crippen LogP contribution is -2.46. The number of hydrogen-bond acceptors (Lipinski definition) is 2. The number of rotatable bonds is 4. The fraction of sp³-hybridized carbons (Fsp3) is 0.562. The van der Waals surface area contributed by atoms with Gasteiger partial charge in [0.05, 0.1) is 6.04 Å². The zero-order chi connectivity index (χ0) is 14.6. The molecule has 0 bridgehead atoms. The number of carbonyl (C=O) groups excluding carboxylic acids is 1. The minimum absolute atomic E-state index is 0.0220. The molecule has 1 aliphatic carbocycles. The molecule has 2 rings (SSSR count). The predicted octanol–water partition coefficient (Wildman–Crippen LogP) is 3.05. The molecule has 0 heterocycles. The highest BCUT2D eigenvalue weighted by molar-refractivity contribution is 5.77. The van der Waals surface area contributed by atoms with Crippen molar-refractivity contribution in [1.82, 2.24) is 5.32 Å². The van der Waals surface area contributed by atoms with Gasteiger partial charge in [-0.3, -0.25) is 4.79 Å². The third kappa shape index (κ3) is 4.04. The zero-order valence-electron chi connectivity index (χ0n) is 12.0. The van der Waals surface area contributed by atoms with Gasteiger partial charge in [0.25, 0.3) is 0 Å². The number of amides is 1. The van der Waals surface area contributed by atoms with Gasteiger partial charge < -0.3 is 11.1 Å². The van der Waals surface area contributed by atoms with E-state index in [-0.39, 0.29) is 23.3 Å². The van der Waals surface area contributed by atoms with Crippen LogP contribution in [0.5, 0.6) is 0 Å². The van der Waals surface area contributed by atoms with Gasteiger partial charge in [0.1, 0.15) is 5.82 Å². The molecule has 1 aliphatic rings. The van der Waals surface area contributed by atoms with Crippen molar-refractivity contribution in [1.29, 1.82) is 0 Å². The molecule has 0 unspecified atom stereocenters. The van der Waals surface area contributed by atoms with E-state index >= 15 is 0 Å². The molecule has 3 nitrogen and oxygen atoms in total. The predicted molar refractivity (Wildman–Crippen MR) is 77.6 cm³/mol. The number of nitrogens with one attached hydrogen (secondary N) is 1. The van der Waals surface area contributed by atoms with E-state index in [9.17, 15) is 9.18 Å². The van der Waals surface area contributed by atoms with E-state index < -0.39 is 0 Å². The third-order valence-corrected chi connectivity index (χ3v) is 4.11. The van der Waals surface area contributed by atoms with E-state index in [4.69, 9.17) is 5.73 Å². The highest BCUT2D eigenvalue weighted by atomic mass is 19.1. The van der Waals surface area contributed by atoms with E-state index in [2.05, 4.69) is 5.32 Å². The van der Waals surface area contributed by atoms with E-state index in [1.54, 1.807) is 12.1 Å². The quantitative estimate of drug-likeness (QED) is 0.889. The number of nitrogens with two attached hydrogens (primary N) is 1. The second kappa shape index (κ2) is 6.35. The Morgan fingerprint density at radius 2 is 1.90 bits per heavy atom. The molecule has 1 aromatic carbocycles. The molecule has 0 aliphatic heterocycles. The molecule has 1 fully saturated rings. The van der Waals surface area contributed by atoms with E-state index in [1.165, 1.54) is 18.6 Å². The van der Waals surface area contributed by atoms with Crippen LogP contribution in [0.1, 0.15) is 57.1 Å². The average Bonchev–Trinajstić information content (AvgIpc) is 2.39. The van der Waals surface area contributed by atoms with Gasteiger partial charge >= 0.3 is 0 Å². The van der Waals surface area contributed by atoms with Crippen LogP contribution < -0.4 is 11.1 Å². The second-order valence-electron chi connectivity index (χ2n) is 5.94. The van der Waals surface area contributed by atoms with Gasteiger partial charge in [0, 0.05) is 12.0 Å². The Balaban J connectivity index is 1.89. The van der Waals surface area contributed by atoms with Crippen molar-refractivity contribution in [3.63, 3.8) is 0 Å². The molecule has 1 aromatic rings. The van der Waals surface area contributed by atoms with Crippen LogP contribution >= 0.6 is 0 Å². The van der Waals surface area contributed by atoms with Crippen molar-refractivity contribution in [3.05, 3.63) is 35.6 Å². The second-order valence-corrected chi connectivity index (χ2v) is 5.94. The van der Waals surface area contributed by atoms with Gasteiger partial charge in [0.2, 0.25) is 5.91 Å². The third-order valence-electron chi connectivity index (χ3n) is 4.11. The van der Waals surface area contributed by atoms with Crippen molar-refractivity contribution < 1.29 is 9.18 Å². The zero-order valence-corrected chi connectivity index (χ0v) is 12.0. The Labute approximate surface area is 119 Å². The lowest BCUT2D eigenvalue weighted by molar-refractivity contribution is -0.123. The van der Waals surface area contributed by atoms with Gasteiger partial charge in [0.15, 0.2) is 0 Å². The summed E-state index contributed by atoms with van der Waals surface area (Å²) in [6, 6.07) is 6.07. The summed E-state index contributed by atoms with van der Waals surface area (Å²) in [6.07, 6.45) is 5.65. The van der Waals surface area contributed by atoms with Crippen LogP contribution in [-0.4, -0.2) is 11.4 Å². The summed E-state index contributed by atoms with van der Waals surface area (Å²) in [5.41, 5.74) is 6.84. The number of hydrogen-bond donors (Lipinski definition) is 2. The SMILES string of the molecule is C[C@@H](NC(=O)CC1(N)CCCCC1)c1ccc(F)cc1. The maximum absolute atomic E-state index is 12.9. The smallest absolute Gasteiger partial charge is 0.222 e. The van der Waals surface area contributed by atoms with E-state index in [0.717, 1.165) is 31.2 Å². The molecule has 1 atom stereocenters. The highest BCUT2D eigenvalue weighted by Gasteiger charge is 2.30. The fourth-order valence-corrected chi connectivity index (χ4v) is 2.88. The molecular formula is C16H23FN2O.